The van der Waals surface area contributed by atoms with Crippen LogP contribution >= 0.6 is 0 Å². The van der Waals surface area contributed by atoms with Gasteiger partial charge in [0.2, 0.25) is 0 Å². The number of amidine groups is 1. The van der Waals surface area contributed by atoms with Crippen LogP contribution in [0.25, 0.3) is 0 Å². The summed E-state index contributed by atoms with van der Waals surface area (Å²) >= 11 is 0. The van der Waals surface area contributed by atoms with Gasteiger partial charge in [-0.2, -0.15) is 0 Å². The summed E-state index contributed by atoms with van der Waals surface area (Å²) in [4.78, 5) is 24.8. The third-order valence-electron chi connectivity index (χ3n) is 4.51. The molecule has 6 heteroatoms. The topological polar surface area (TPSA) is 54.4 Å². The van der Waals surface area contributed by atoms with E-state index in [9.17, 15) is 4.79 Å². The number of carbonyl (C=O) groups is 1. The quantitative estimate of drug-likeness (QED) is 0.849. The van der Waals surface area contributed by atoms with Gasteiger partial charge in [0.05, 0.1) is 25.4 Å². The summed E-state index contributed by atoms with van der Waals surface area (Å²) < 4.78 is 5.29. The molecule has 1 saturated heterocycles. The number of aliphatic imine (C=N–C) groups is 1. The maximum absolute atomic E-state index is 12.4. The van der Waals surface area contributed by atoms with Gasteiger partial charge < -0.3 is 9.64 Å². The van der Waals surface area contributed by atoms with Gasteiger partial charge in [-0.3, -0.25) is 9.63 Å². The van der Waals surface area contributed by atoms with Crippen molar-refractivity contribution in [1.82, 2.24) is 9.96 Å². The monoisotopic (exact) mass is 351 g/mol. The molecular weight excluding hydrogens is 330 g/mol. The number of nitrogens with zero attached hydrogens (tertiary/aromatic N) is 3. The van der Waals surface area contributed by atoms with Crippen molar-refractivity contribution in [2.45, 2.75) is 6.54 Å². The van der Waals surface area contributed by atoms with E-state index >= 15 is 0 Å². The van der Waals surface area contributed by atoms with Crippen LogP contribution in [0, 0.1) is 0 Å². The lowest BCUT2D eigenvalue weighted by Gasteiger charge is -2.31. The van der Waals surface area contributed by atoms with E-state index in [2.05, 4.69) is 0 Å². The zero-order valence-electron chi connectivity index (χ0n) is 14.5. The Morgan fingerprint density at radius 1 is 1.04 bits per heavy atom. The van der Waals surface area contributed by atoms with Gasteiger partial charge in [0.1, 0.15) is 0 Å². The molecule has 0 saturated carbocycles. The Labute approximate surface area is 152 Å². The van der Waals surface area contributed by atoms with Crippen molar-refractivity contribution in [1.29, 1.82) is 0 Å². The summed E-state index contributed by atoms with van der Waals surface area (Å²) in [5.74, 6) is 0.693. The molecule has 2 aromatic carbocycles. The minimum Gasteiger partial charge on any atom is -0.378 e. The predicted octanol–water partition coefficient (Wildman–Crippen LogP) is 2.37. The number of amides is 1. The zero-order valence-corrected chi connectivity index (χ0v) is 14.5. The van der Waals surface area contributed by atoms with Gasteiger partial charge in [-0.1, -0.05) is 48.5 Å². The third kappa shape index (κ3) is 3.61. The van der Waals surface area contributed by atoms with Crippen LogP contribution in [-0.4, -0.2) is 54.6 Å². The smallest absolute Gasteiger partial charge is 0.251 e. The van der Waals surface area contributed by atoms with Crippen LogP contribution in [0.1, 0.15) is 11.1 Å². The molecule has 2 heterocycles. The van der Waals surface area contributed by atoms with Gasteiger partial charge in [-0.25, -0.2) is 10.1 Å². The molecule has 0 atom stereocenters. The highest BCUT2D eigenvalue weighted by Gasteiger charge is 2.24. The normalized spacial score (nSPS) is 16.8. The minimum absolute atomic E-state index is 0.00593. The van der Waals surface area contributed by atoms with E-state index in [1.807, 2.05) is 54.6 Å². The van der Waals surface area contributed by atoms with Crippen LogP contribution in [0.2, 0.25) is 0 Å². The summed E-state index contributed by atoms with van der Waals surface area (Å²) in [5.41, 5.74) is 2.97. The zero-order chi connectivity index (χ0) is 17.8. The fourth-order valence-corrected chi connectivity index (χ4v) is 3.09. The number of ether oxygens (including phenoxy) is 1. The lowest BCUT2D eigenvalue weighted by atomic mass is 10.1. The first-order valence-electron chi connectivity index (χ1n) is 8.79. The maximum Gasteiger partial charge on any atom is 0.251 e. The first-order chi connectivity index (χ1) is 12.8. The van der Waals surface area contributed by atoms with E-state index in [0.29, 0.717) is 32.8 Å². The number of fused-ring (bicyclic) bond motifs is 1. The van der Waals surface area contributed by atoms with Crippen LogP contribution in [0.4, 0.5) is 5.69 Å². The fourth-order valence-electron chi connectivity index (χ4n) is 3.09. The van der Waals surface area contributed by atoms with Crippen molar-refractivity contribution in [3.8, 4) is 0 Å². The van der Waals surface area contributed by atoms with Crippen LogP contribution in [-0.2, 0) is 20.9 Å². The second-order valence-electron chi connectivity index (χ2n) is 6.23. The van der Waals surface area contributed by atoms with Crippen LogP contribution < -0.4 is 0 Å². The number of hydrogen-bond acceptors (Lipinski definition) is 5. The SMILES string of the molecule is O=C(CON1Cc2ccccc2N=C1c1ccccc1)N1CCOCC1. The van der Waals surface area contributed by atoms with Gasteiger partial charge in [0.15, 0.2) is 12.4 Å². The number of hydroxylamine groups is 2. The highest BCUT2D eigenvalue weighted by atomic mass is 16.7. The van der Waals surface area contributed by atoms with Gasteiger partial charge in [0, 0.05) is 18.7 Å². The van der Waals surface area contributed by atoms with Crippen LogP contribution in [0.3, 0.4) is 0 Å². The second kappa shape index (κ2) is 7.68. The lowest BCUT2D eigenvalue weighted by Crippen LogP contribution is -2.44. The molecule has 0 bridgehead atoms. The van der Waals surface area contributed by atoms with Crippen molar-refractivity contribution >= 4 is 17.4 Å². The molecule has 0 aromatic heterocycles. The molecule has 2 aromatic rings. The number of benzene rings is 2. The largest absolute Gasteiger partial charge is 0.378 e. The average molecular weight is 351 g/mol. The molecule has 2 aliphatic rings. The second-order valence-corrected chi connectivity index (χ2v) is 6.23. The fraction of sp³-hybridized carbons (Fsp3) is 0.300. The Morgan fingerprint density at radius 2 is 1.77 bits per heavy atom. The molecule has 0 aliphatic carbocycles. The Bertz CT molecular complexity index is 801. The van der Waals surface area contributed by atoms with E-state index in [1.54, 1.807) is 9.96 Å². The number of para-hydroxylation sites is 1. The van der Waals surface area contributed by atoms with E-state index < -0.39 is 0 Å². The maximum atomic E-state index is 12.4. The summed E-state index contributed by atoms with van der Waals surface area (Å²) in [6.45, 7) is 2.95. The molecule has 0 radical (unpaired) electrons. The highest BCUT2D eigenvalue weighted by molar-refractivity contribution is 6.00. The van der Waals surface area contributed by atoms with Crippen molar-refractivity contribution in [3.63, 3.8) is 0 Å². The van der Waals surface area contributed by atoms with E-state index in [1.165, 1.54) is 0 Å². The minimum atomic E-state index is -0.0282. The molecule has 134 valence electrons. The Balaban J connectivity index is 1.53. The van der Waals surface area contributed by atoms with Crippen LogP contribution in [0.15, 0.2) is 59.6 Å². The molecule has 2 aliphatic heterocycles. The van der Waals surface area contributed by atoms with Crippen molar-refractivity contribution in [2.24, 2.45) is 4.99 Å². The Kier molecular flexibility index (Phi) is 4.95. The molecule has 0 unspecified atom stereocenters. The average Bonchev–Trinajstić information content (AvgIpc) is 2.72. The van der Waals surface area contributed by atoms with Crippen molar-refractivity contribution in [2.75, 3.05) is 32.9 Å². The Morgan fingerprint density at radius 3 is 2.58 bits per heavy atom. The number of carbonyl (C=O) groups excluding carboxylic acids is 1. The molecule has 6 nitrogen and oxygen atoms in total. The molecule has 26 heavy (non-hydrogen) atoms. The number of hydrogen-bond donors (Lipinski definition) is 0. The molecular formula is C20H21N3O3. The first-order valence-corrected chi connectivity index (χ1v) is 8.79. The van der Waals surface area contributed by atoms with Gasteiger partial charge >= 0.3 is 0 Å². The predicted molar refractivity (Wildman–Crippen MR) is 98.0 cm³/mol. The van der Waals surface area contributed by atoms with E-state index in [4.69, 9.17) is 14.6 Å². The lowest BCUT2D eigenvalue weighted by molar-refractivity contribution is -0.158. The van der Waals surface area contributed by atoms with Gasteiger partial charge in [-0.05, 0) is 11.6 Å². The number of morpholine rings is 1. The third-order valence-corrected chi connectivity index (χ3v) is 4.51. The highest BCUT2D eigenvalue weighted by Crippen LogP contribution is 2.28. The standard InChI is InChI=1S/C20H21N3O3/c24-19(22-10-12-25-13-11-22)15-26-23-14-17-8-4-5-9-18(17)21-20(23)16-6-2-1-3-7-16/h1-9H,10-15H2. The van der Waals surface area contributed by atoms with Crippen molar-refractivity contribution < 1.29 is 14.4 Å². The van der Waals surface area contributed by atoms with Gasteiger partial charge in [-0.15, -0.1) is 0 Å². The summed E-state index contributed by atoms with van der Waals surface area (Å²) in [7, 11) is 0. The van der Waals surface area contributed by atoms with E-state index in [-0.39, 0.29) is 12.5 Å². The molecule has 4 rings (SSSR count). The summed E-state index contributed by atoms with van der Waals surface area (Å²) in [5, 5.41) is 1.72. The summed E-state index contributed by atoms with van der Waals surface area (Å²) in [6.07, 6.45) is 0. The molecule has 1 fully saturated rings. The van der Waals surface area contributed by atoms with E-state index in [0.717, 1.165) is 22.6 Å². The molecule has 0 N–H and O–H groups in total. The van der Waals surface area contributed by atoms with Gasteiger partial charge in [0.25, 0.3) is 5.91 Å². The molecule has 0 spiro atoms. The Hall–Kier alpha value is -2.70. The summed E-state index contributed by atoms with van der Waals surface area (Å²) in [6, 6.07) is 17.9. The number of rotatable bonds is 4. The first kappa shape index (κ1) is 16.8. The van der Waals surface area contributed by atoms with Crippen LogP contribution in [0.5, 0.6) is 0 Å². The van der Waals surface area contributed by atoms with Crippen molar-refractivity contribution in [3.05, 3.63) is 65.7 Å². The molecule has 1 amide bonds.